The monoisotopic (exact) mass is 352 g/mol. The quantitative estimate of drug-likeness (QED) is 0.867. The van der Waals surface area contributed by atoms with Crippen molar-refractivity contribution in [2.75, 3.05) is 23.4 Å². The van der Waals surface area contributed by atoms with Crippen molar-refractivity contribution in [3.63, 3.8) is 0 Å². The van der Waals surface area contributed by atoms with Crippen LogP contribution in [0.3, 0.4) is 0 Å². The molecule has 0 aromatic heterocycles. The number of rotatable bonds is 5. The number of halogens is 1. The second-order valence-electron chi connectivity index (χ2n) is 5.21. The number of ether oxygens (including phenoxy) is 1. The number of aryl methyl sites for hydroxylation is 1. The molecule has 0 radical (unpaired) electrons. The number of anilines is 2. The first-order chi connectivity index (χ1) is 11.2. The summed E-state index contributed by atoms with van der Waals surface area (Å²) in [6, 6.07) is 8.64. The number of carbonyl (C=O) groups is 1. The lowest BCUT2D eigenvalue weighted by Crippen LogP contribution is -2.14. The molecule has 8 heteroatoms. The van der Waals surface area contributed by atoms with E-state index in [2.05, 4.69) is 10.0 Å². The second kappa shape index (κ2) is 6.88. The Bertz CT molecular complexity index is 882. The summed E-state index contributed by atoms with van der Waals surface area (Å²) in [6.07, 6.45) is 1.01. The fraction of sp³-hybridized carbons (Fsp3) is 0.188. The molecule has 2 N–H and O–H groups in total. The fourth-order valence-electron chi connectivity index (χ4n) is 2.00. The zero-order chi connectivity index (χ0) is 17.9. The van der Waals surface area contributed by atoms with Crippen LogP contribution < -0.4 is 14.8 Å². The first kappa shape index (κ1) is 17.7. The third-order valence-corrected chi connectivity index (χ3v) is 3.78. The van der Waals surface area contributed by atoms with Crippen LogP contribution >= 0.6 is 0 Å². The Hall–Kier alpha value is -2.61. The summed E-state index contributed by atoms with van der Waals surface area (Å²) in [7, 11) is -2.11. The van der Waals surface area contributed by atoms with Crippen molar-refractivity contribution in [1.82, 2.24) is 0 Å². The van der Waals surface area contributed by atoms with Gasteiger partial charge in [0.25, 0.3) is 5.91 Å². The van der Waals surface area contributed by atoms with E-state index in [-0.39, 0.29) is 11.3 Å². The predicted molar refractivity (Wildman–Crippen MR) is 90.6 cm³/mol. The van der Waals surface area contributed by atoms with E-state index >= 15 is 0 Å². The van der Waals surface area contributed by atoms with E-state index in [9.17, 15) is 17.6 Å². The molecule has 0 fully saturated rings. The van der Waals surface area contributed by atoms with Crippen molar-refractivity contribution >= 4 is 27.3 Å². The molecule has 0 heterocycles. The molecule has 0 unspecified atom stereocenters. The molecule has 0 saturated heterocycles. The maximum Gasteiger partial charge on any atom is 0.255 e. The highest BCUT2D eigenvalue weighted by Crippen LogP contribution is 2.28. The van der Waals surface area contributed by atoms with Crippen LogP contribution in [0.5, 0.6) is 5.75 Å². The van der Waals surface area contributed by atoms with Crippen LogP contribution in [0.1, 0.15) is 15.9 Å². The van der Waals surface area contributed by atoms with Crippen molar-refractivity contribution in [2.24, 2.45) is 0 Å². The first-order valence-electron chi connectivity index (χ1n) is 6.93. The van der Waals surface area contributed by atoms with Gasteiger partial charge in [-0.2, -0.15) is 0 Å². The van der Waals surface area contributed by atoms with Gasteiger partial charge in [-0.1, -0.05) is 6.07 Å². The van der Waals surface area contributed by atoms with Crippen molar-refractivity contribution in [3.8, 4) is 5.75 Å². The van der Waals surface area contributed by atoms with E-state index < -0.39 is 21.7 Å². The molecule has 2 aromatic rings. The molecule has 1 amide bonds. The highest BCUT2D eigenvalue weighted by molar-refractivity contribution is 7.92. The molecule has 6 nitrogen and oxygen atoms in total. The molecule has 0 spiro atoms. The van der Waals surface area contributed by atoms with E-state index in [0.29, 0.717) is 17.0 Å². The third kappa shape index (κ3) is 4.45. The summed E-state index contributed by atoms with van der Waals surface area (Å²) in [5.74, 6) is -0.680. The van der Waals surface area contributed by atoms with E-state index in [4.69, 9.17) is 4.74 Å². The number of methoxy groups -OCH3 is 1. The number of carbonyl (C=O) groups excluding carboxylic acids is 1. The Balaban J connectivity index is 2.27. The van der Waals surface area contributed by atoms with Gasteiger partial charge in [0.1, 0.15) is 11.6 Å². The maximum atomic E-state index is 13.6. The standard InChI is InChI=1S/C16H17FN2O4S/c1-10-4-5-11(8-13(10)17)16(20)18-12-6-7-15(23-2)14(9-12)19-24(3,21)22/h4-9,19H,1-3H3,(H,18,20). The summed E-state index contributed by atoms with van der Waals surface area (Å²) in [5, 5.41) is 2.59. The molecule has 0 aliphatic rings. The molecule has 0 saturated carbocycles. The minimum absolute atomic E-state index is 0.159. The maximum absolute atomic E-state index is 13.6. The van der Waals surface area contributed by atoms with Gasteiger partial charge in [0.15, 0.2) is 0 Å². The summed E-state index contributed by atoms with van der Waals surface area (Å²) >= 11 is 0. The van der Waals surface area contributed by atoms with Gasteiger partial charge in [-0.05, 0) is 42.8 Å². The molecule has 24 heavy (non-hydrogen) atoms. The van der Waals surface area contributed by atoms with Gasteiger partial charge >= 0.3 is 0 Å². The Labute approximate surface area is 139 Å². The minimum atomic E-state index is -3.51. The van der Waals surface area contributed by atoms with Crippen LogP contribution in [0.2, 0.25) is 0 Å². The van der Waals surface area contributed by atoms with E-state index in [1.807, 2.05) is 0 Å². The molecule has 2 rings (SSSR count). The first-order valence-corrected chi connectivity index (χ1v) is 8.82. The van der Waals surface area contributed by atoms with E-state index in [0.717, 1.165) is 12.3 Å². The van der Waals surface area contributed by atoms with Gasteiger partial charge in [0.2, 0.25) is 10.0 Å². The SMILES string of the molecule is COc1ccc(NC(=O)c2ccc(C)c(F)c2)cc1NS(C)(=O)=O. The Morgan fingerprint density at radius 2 is 1.88 bits per heavy atom. The summed E-state index contributed by atoms with van der Waals surface area (Å²) < 4.78 is 43.7. The van der Waals surface area contributed by atoms with Crippen LogP contribution in [0.15, 0.2) is 36.4 Å². The van der Waals surface area contributed by atoms with Crippen LogP contribution in [0.4, 0.5) is 15.8 Å². The third-order valence-electron chi connectivity index (χ3n) is 3.19. The fourth-order valence-corrected chi connectivity index (χ4v) is 2.56. The summed E-state index contributed by atoms with van der Waals surface area (Å²) in [6.45, 7) is 1.60. The predicted octanol–water partition coefficient (Wildman–Crippen LogP) is 2.77. The normalized spacial score (nSPS) is 11.0. The smallest absolute Gasteiger partial charge is 0.255 e. The highest BCUT2D eigenvalue weighted by Gasteiger charge is 2.12. The number of nitrogens with one attached hydrogen (secondary N) is 2. The Morgan fingerprint density at radius 1 is 1.17 bits per heavy atom. The Kier molecular flexibility index (Phi) is 5.08. The highest BCUT2D eigenvalue weighted by atomic mass is 32.2. The van der Waals surface area contributed by atoms with Crippen molar-refractivity contribution in [1.29, 1.82) is 0 Å². The average molecular weight is 352 g/mol. The minimum Gasteiger partial charge on any atom is -0.495 e. The summed E-state index contributed by atoms with van der Waals surface area (Å²) in [4.78, 5) is 12.2. The zero-order valence-electron chi connectivity index (χ0n) is 13.4. The number of amides is 1. The molecule has 0 aliphatic carbocycles. The molecule has 2 aromatic carbocycles. The lowest BCUT2D eigenvalue weighted by molar-refractivity contribution is 0.102. The lowest BCUT2D eigenvalue weighted by Gasteiger charge is -2.12. The Morgan fingerprint density at radius 3 is 2.46 bits per heavy atom. The second-order valence-corrected chi connectivity index (χ2v) is 6.96. The van der Waals surface area contributed by atoms with Crippen molar-refractivity contribution in [3.05, 3.63) is 53.3 Å². The molecule has 0 atom stereocenters. The topological polar surface area (TPSA) is 84.5 Å². The van der Waals surface area contributed by atoms with E-state index in [1.165, 1.54) is 31.4 Å². The molecular weight excluding hydrogens is 335 g/mol. The lowest BCUT2D eigenvalue weighted by atomic mass is 10.1. The summed E-state index contributed by atoms with van der Waals surface area (Å²) in [5.41, 5.74) is 1.13. The van der Waals surface area contributed by atoms with Crippen LogP contribution in [0, 0.1) is 12.7 Å². The van der Waals surface area contributed by atoms with Gasteiger partial charge in [0, 0.05) is 11.3 Å². The molecule has 0 aliphatic heterocycles. The van der Waals surface area contributed by atoms with Crippen LogP contribution in [-0.4, -0.2) is 27.7 Å². The average Bonchev–Trinajstić information content (AvgIpc) is 2.48. The van der Waals surface area contributed by atoms with Crippen LogP contribution in [0.25, 0.3) is 0 Å². The van der Waals surface area contributed by atoms with Gasteiger partial charge in [-0.15, -0.1) is 0 Å². The van der Waals surface area contributed by atoms with Gasteiger partial charge in [0.05, 0.1) is 19.1 Å². The number of hydrogen-bond acceptors (Lipinski definition) is 4. The number of hydrogen-bond donors (Lipinski definition) is 2. The number of benzene rings is 2. The van der Waals surface area contributed by atoms with Crippen LogP contribution in [-0.2, 0) is 10.0 Å². The van der Waals surface area contributed by atoms with Crippen molar-refractivity contribution in [2.45, 2.75) is 6.92 Å². The van der Waals surface area contributed by atoms with E-state index in [1.54, 1.807) is 13.0 Å². The van der Waals surface area contributed by atoms with Gasteiger partial charge < -0.3 is 10.1 Å². The van der Waals surface area contributed by atoms with Gasteiger partial charge in [-0.3, -0.25) is 9.52 Å². The molecule has 0 bridgehead atoms. The largest absolute Gasteiger partial charge is 0.495 e. The zero-order valence-corrected chi connectivity index (χ0v) is 14.2. The van der Waals surface area contributed by atoms with Gasteiger partial charge in [-0.25, -0.2) is 12.8 Å². The molecule has 128 valence electrons. The van der Waals surface area contributed by atoms with Crippen molar-refractivity contribution < 1.29 is 22.3 Å². The molecular formula is C16H17FN2O4S. The number of sulfonamides is 1.